The number of phenolic OH excluding ortho intramolecular Hbond substituents is 1. The molecule has 84 valence electrons. The summed E-state index contributed by atoms with van der Waals surface area (Å²) in [6.45, 7) is 0. The Hall–Kier alpha value is -2.56. The average molecular weight is 226 g/mol. The zero-order chi connectivity index (χ0) is 11.7. The summed E-state index contributed by atoms with van der Waals surface area (Å²) in [6.07, 6.45) is 1.71. The minimum atomic E-state index is 0.211. The van der Waals surface area contributed by atoms with Gasteiger partial charge in [-0.25, -0.2) is 0 Å². The van der Waals surface area contributed by atoms with E-state index in [1.165, 1.54) is 0 Å². The monoisotopic (exact) mass is 226 g/mol. The smallest absolute Gasteiger partial charge is 0.178 e. The van der Waals surface area contributed by atoms with Crippen molar-refractivity contribution in [3.63, 3.8) is 0 Å². The molecule has 2 aromatic heterocycles. The van der Waals surface area contributed by atoms with Crippen molar-refractivity contribution in [3.05, 3.63) is 42.6 Å². The largest absolute Gasteiger partial charge is 0.508 e. The van der Waals surface area contributed by atoms with Crippen LogP contribution in [0, 0.1) is 0 Å². The molecular weight excluding hydrogens is 216 g/mol. The molecule has 0 spiro atoms. The summed E-state index contributed by atoms with van der Waals surface area (Å²) in [4.78, 5) is 4.24. The molecule has 0 bridgehead atoms. The zero-order valence-corrected chi connectivity index (χ0v) is 8.88. The van der Waals surface area contributed by atoms with Crippen molar-refractivity contribution < 1.29 is 5.11 Å². The van der Waals surface area contributed by atoms with E-state index in [0.717, 1.165) is 16.7 Å². The third-order valence-electron chi connectivity index (χ3n) is 2.43. The zero-order valence-electron chi connectivity index (χ0n) is 8.88. The minimum absolute atomic E-state index is 0.211. The van der Waals surface area contributed by atoms with E-state index in [1.54, 1.807) is 24.4 Å². The number of phenols is 1. The van der Waals surface area contributed by atoms with Crippen LogP contribution in [-0.4, -0.2) is 20.3 Å². The van der Waals surface area contributed by atoms with Crippen LogP contribution in [0.25, 0.3) is 11.0 Å². The van der Waals surface area contributed by atoms with E-state index in [9.17, 15) is 5.11 Å². The number of aromatic hydroxyl groups is 1. The predicted molar refractivity (Wildman–Crippen MR) is 65.3 cm³/mol. The van der Waals surface area contributed by atoms with Crippen molar-refractivity contribution in [2.45, 2.75) is 0 Å². The fourth-order valence-electron chi connectivity index (χ4n) is 1.66. The number of aromatic amines is 1. The molecule has 1 aromatic carbocycles. The van der Waals surface area contributed by atoms with Gasteiger partial charge in [0.1, 0.15) is 11.3 Å². The van der Waals surface area contributed by atoms with Crippen molar-refractivity contribution >= 4 is 22.5 Å². The van der Waals surface area contributed by atoms with Crippen LogP contribution < -0.4 is 5.32 Å². The highest BCUT2D eigenvalue weighted by Crippen LogP contribution is 2.23. The van der Waals surface area contributed by atoms with Gasteiger partial charge in [-0.1, -0.05) is 6.07 Å². The Morgan fingerprint density at radius 3 is 3.00 bits per heavy atom. The number of pyridine rings is 1. The van der Waals surface area contributed by atoms with Crippen LogP contribution >= 0.6 is 0 Å². The molecule has 0 aliphatic carbocycles. The van der Waals surface area contributed by atoms with E-state index in [2.05, 4.69) is 20.5 Å². The second-order valence-corrected chi connectivity index (χ2v) is 3.65. The van der Waals surface area contributed by atoms with Gasteiger partial charge in [0.05, 0.1) is 5.52 Å². The van der Waals surface area contributed by atoms with Gasteiger partial charge in [-0.3, -0.25) is 10.1 Å². The van der Waals surface area contributed by atoms with Gasteiger partial charge in [-0.2, -0.15) is 5.10 Å². The molecule has 2 heterocycles. The van der Waals surface area contributed by atoms with E-state index in [-0.39, 0.29) is 5.75 Å². The molecule has 0 amide bonds. The first-order valence-corrected chi connectivity index (χ1v) is 5.18. The van der Waals surface area contributed by atoms with Gasteiger partial charge in [0.2, 0.25) is 0 Å². The highest BCUT2D eigenvalue weighted by atomic mass is 16.3. The van der Waals surface area contributed by atoms with E-state index >= 15 is 0 Å². The summed E-state index contributed by atoms with van der Waals surface area (Å²) in [5.41, 5.74) is 2.41. The standard InChI is InChI=1S/C12H10N4O/c17-9-4-1-3-8(7-9)14-12-11-10(15-16-12)5-2-6-13-11/h1-7,17H,(H2,14,15,16). The molecule has 0 aliphatic heterocycles. The number of hydrogen-bond donors (Lipinski definition) is 3. The lowest BCUT2D eigenvalue weighted by Crippen LogP contribution is -1.91. The molecule has 0 saturated heterocycles. The van der Waals surface area contributed by atoms with Crippen LogP contribution in [0.1, 0.15) is 0 Å². The molecule has 0 radical (unpaired) electrons. The lowest BCUT2D eigenvalue weighted by atomic mass is 10.3. The quantitative estimate of drug-likeness (QED) is 0.627. The van der Waals surface area contributed by atoms with Crippen LogP contribution in [-0.2, 0) is 0 Å². The van der Waals surface area contributed by atoms with Crippen molar-refractivity contribution in [2.24, 2.45) is 0 Å². The number of rotatable bonds is 2. The highest BCUT2D eigenvalue weighted by molar-refractivity contribution is 5.87. The maximum Gasteiger partial charge on any atom is 0.178 e. The summed E-state index contributed by atoms with van der Waals surface area (Å²) in [6, 6.07) is 10.6. The highest BCUT2D eigenvalue weighted by Gasteiger charge is 2.06. The van der Waals surface area contributed by atoms with Crippen LogP contribution in [0.3, 0.4) is 0 Å². The molecule has 3 aromatic rings. The fraction of sp³-hybridized carbons (Fsp3) is 0. The first-order valence-electron chi connectivity index (χ1n) is 5.18. The number of anilines is 2. The van der Waals surface area contributed by atoms with Crippen molar-refractivity contribution in [3.8, 4) is 5.75 Å². The first-order chi connectivity index (χ1) is 8.33. The maximum atomic E-state index is 9.37. The molecule has 3 rings (SSSR count). The predicted octanol–water partition coefficient (Wildman–Crippen LogP) is 2.41. The molecule has 17 heavy (non-hydrogen) atoms. The van der Waals surface area contributed by atoms with E-state index in [4.69, 9.17) is 0 Å². The Morgan fingerprint density at radius 1 is 1.18 bits per heavy atom. The minimum Gasteiger partial charge on any atom is -0.508 e. The fourth-order valence-corrected chi connectivity index (χ4v) is 1.66. The molecular formula is C12H10N4O. The average Bonchev–Trinajstić information content (AvgIpc) is 2.73. The van der Waals surface area contributed by atoms with Gasteiger partial charge in [-0.15, -0.1) is 0 Å². The summed E-state index contributed by atoms with van der Waals surface area (Å²) in [7, 11) is 0. The topological polar surface area (TPSA) is 73.8 Å². The first kappa shape index (κ1) is 9.65. The molecule has 0 atom stereocenters. The summed E-state index contributed by atoms with van der Waals surface area (Å²) >= 11 is 0. The molecule has 5 nitrogen and oxygen atoms in total. The summed E-state index contributed by atoms with van der Waals surface area (Å²) in [5.74, 6) is 0.856. The van der Waals surface area contributed by atoms with Crippen molar-refractivity contribution in [1.29, 1.82) is 0 Å². The number of fused-ring (bicyclic) bond motifs is 1. The molecule has 0 fully saturated rings. The Kier molecular flexibility index (Phi) is 2.15. The van der Waals surface area contributed by atoms with Gasteiger partial charge in [0.15, 0.2) is 5.82 Å². The molecule has 0 aliphatic rings. The van der Waals surface area contributed by atoms with Gasteiger partial charge in [-0.05, 0) is 24.3 Å². The molecule has 0 unspecified atom stereocenters. The van der Waals surface area contributed by atoms with Gasteiger partial charge >= 0.3 is 0 Å². The number of nitrogens with zero attached hydrogens (tertiary/aromatic N) is 2. The number of H-pyrrole nitrogens is 1. The van der Waals surface area contributed by atoms with Crippen molar-refractivity contribution in [2.75, 3.05) is 5.32 Å². The SMILES string of the molecule is Oc1cccc(Nc2n[nH]c3cccnc23)c1. The normalized spacial score (nSPS) is 10.6. The third kappa shape index (κ3) is 1.78. The maximum absolute atomic E-state index is 9.37. The summed E-state index contributed by atoms with van der Waals surface area (Å²) < 4.78 is 0. The van der Waals surface area contributed by atoms with Crippen LogP contribution in [0.2, 0.25) is 0 Å². The second kappa shape index (κ2) is 3.79. The lowest BCUT2D eigenvalue weighted by molar-refractivity contribution is 0.475. The van der Waals surface area contributed by atoms with E-state index in [0.29, 0.717) is 5.82 Å². The third-order valence-corrected chi connectivity index (χ3v) is 2.43. The summed E-state index contributed by atoms with van der Waals surface area (Å²) in [5, 5.41) is 19.5. The Labute approximate surface area is 97.1 Å². The van der Waals surface area contributed by atoms with Gasteiger partial charge < -0.3 is 10.4 Å². The number of aromatic nitrogens is 3. The Bertz CT molecular complexity index is 662. The van der Waals surface area contributed by atoms with Crippen molar-refractivity contribution in [1.82, 2.24) is 15.2 Å². The van der Waals surface area contributed by atoms with Crippen LogP contribution in [0.4, 0.5) is 11.5 Å². The number of nitrogens with one attached hydrogen (secondary N) is 2. The molecule has 3 N–H and O–H groups in total. The Morgan fingerprint density at radius 2 is 2.12 bits per heavy atom. The van der Waals surface area contributed by atoms with Gasteiger partial charge in [0, 0.05) is 18.0 Å². The van der Waals surface area contributed by atoms with Crippen LogP contribution in [0.5, 0.6) is 5.75 Å². The molecule has 0 saturated carbocycles. The second-order valence-electron chi connectivity index (χ2n) is 3.65. The van der Waals surface area contributed by atoms with E-state index < -0.39 is 0 Å². The van der Waals surface area contributed by atoms with Crippen LogP contribution in [0.15, 0.2) is 42.6 Å². The van der Waals surface area contributed by atoms with Gasteiger partial charge in [0.25, 0.3) is 0 Å². The number of hydrogen-bond acceptors (Lipinski definition) is 4. The lowest BCUT2D eigenvalue weighted by Gasteiger charge is -2.02. The molecule has 5 heteroatoms. The Balaban J connectivity index is 2.00. The van der Waals surface area contributed by atoms with E-state index in [1.807, 2.05) is 18.2 Å². The number of benzene rings is 1.